The second kappa shape index (κ2) is 8.60. The van der Waals surface area contributed by atoms with Crippen LogP contribution in [0.5, 0.6) is 0 Å². The molecule has 0 saturated carbocycles. The largest absolute Gasteiger partial charge is 0.478 e. The number of Topliss-reactive ketones (excluding diaryl/α,β-unsaturated/α-hetero) is 1. The van der Waals surface area contributed by atoms with Crippen LogP contribution >= 0.6 is 39.1 Å². The first kappa shape index (κ1) is 23.5. The summed E-state index contributed by atoms with van der Waals surface area (Å²) in [5, 5.41) is 11.2. The van der Waals surface area contributed by atoms with E-state index in [0.717, 1.165) is 10.0 Å². The molecule has 0 amide bonds. The van der Waals surface area contributed by atoms with Gasteiger partial charge in [0.15, 0.2) is 5.76 Å². The maximum absolute atomic E-state index is 13.0. The fourth-order valence-electron chi connectivity index (χ4n) is 3.47. The van der Waals surface area contributed by atoms with E-state index < -0.39 is 17.2 Å². The third-order valence-corrected chi connectivity index (χ3v) is 6.18. The Hall–Kier alpha value is -2.67. The quantitative estimate of drug-likeness (QED) is 0.261. The molecule has 168 valence electrons. The van der Waals surface area contributed by atoms with Crippen molar-refractivity contribution in [3.05, 3.63) is 74.4 Å². The van der Waals surface area contributed by atoms with Gasteiger partial charge in [-0.3, -0.25) is 4.79 Å². The minimum Gasteiger partial charge on any atom is -0.478 e. The van der Waals surface area contributed by atoms with Crippen LogP contribution in [0.4, 0.5) is 0 Å². The number of nitrogens with zero attached hydrogens (tertiary/aromatic N) is 1. The molecule has 0 unspecified atom stereocenters. The van der Waals surface area contributed by atoms with Gasteiger partial charge in [-0.1, -0.05) is 78.1 Å². The fraction of sp³-hybridized carbons (Fsp3) is 0.160. The molecule has 2 aromatic heterocycles. The summed E-state index contributed by atoms with van der Waals surface area (Å²) in [4.78, 5) is 29.8. The average Bonchev–Trinajstić information content (AvgIpc) is 3.11. The number of pyridine rings is 1. The van der Waals surface area contributed by atoms with E-state index in [2.05, 4.69) is 20.9 Å². The Morgan fingerprint density at radius 1 is 1.00 bits per heavy atom. The normalized spacial score (nSPS) is 11.7. The summed E-state index contributed by atoms with van der Waals surface area (Å²) in [6, 6.07) is 14.1. The Morgan fingerprint density at radius 3 is 2.24 bits per heavy atom. The van der Waals surface area contributed by atoms with Gasteiger partial charge in [-0.25, -0.2) is 9.78 Å². The molecule has 2 heterocycles. The van der Waals surface area contributed by atoms with Crippen molar-refractivity contribution in [2.75, 3.05) is 0 Å². The molecule has 8 heteroatoms. The molecule has 4 rings (SSSR count). The van der Waals surface area contributed by atoms with Crippen molar-refractivity contribution in [1.29, 1.82) is 0 Å². The van der Waals surface area contributed by atoms with E-state index in [9.17, 15) is 14.7 Å². The van der Waals surface area contributed by atoms with Crippen LogP contribution in [0.15, 0.2) is 57.4 Å². The molecule has 0 atom stereocenters. The highest BCUT2D eigenvalue weighted by molar-refractivity contribution is 9.10. The minimum atomic E-state index is -1.26. The number of hydrogen-bond acceptors (Lipinski definition) is 4. The molecule has 0 aliphatic carbocycles. The number of carbonyl (C=O) groups excluding carboxylic acids is 1. The molecule has 0 spiro atoms. The van der Waals surface area contributed by atoms with E-state index in [0.29, 0.717) is 26.9 Å². The van der Waals surface area contributed by atoms with Crippen LogP contribution in [0.25, 0.3) is 33.5 Å². The summed E-state index contributed by atoms with van der Waals surface area (Å²) in [5.41, 5.74) is 1.50. The zero-order valence-corrected chi connectivity index (χ0v) is 21.0. The molecule has 0 radical (unpaired) electrons. The highest BCUT2D eigenvalue weighted by atomic mass is 79.9. The van der Waals surface area contributed by atoms with Crippen molar-refractivity contribution < 1.29 is 19.1 Å². The van der Waals surface area contributed by atoms with Gasteiger partial charge >= 0.3 is 5.97 Å². The highest BCUT2D eigenvalue weighted by Gasteiger charge is 2.33. The Balaban J connectivity index is 2.09. The number of furan rings is 1. The fourth-order valence-corrected chi connectivity index (χ4v) is 4.36. The number of carboxylic acids is 1. The third kappa shape index (κ3) is 4.43. The maximum atomic E-state index is 13.0. The number of carbonyl (C=O) groups is 2. The molecule has 0 saturated heterocycles. The first-order chi connectivity index (χ1) is 15.5. The van der Waals surface area contributed by atoms with Gasteiger partial charge in [0.05, 0.1) is 16.1 Å². The molecule has 2 aromatic carbocycles. The zero-order valence-electron chi connectivity index (χ0n) is 17.9. The Morgan fingerprint density at radius 2 is 1.67 bits per heavy atom. The summed E-state index contributed by atoms with van der Waals surface area (Å²) >= 11 is 16.0. The maximum Gasteiger partial charge on any atom is 0.340 e. The number of rotatable bonds is 4. The van der Waals surface area contributed by atoms with Crippen LogP contribution in [0.1, 0.15) is 41.7 Å². The third-order valence-electron chi connectivity index (χ3n) is 5.13. The smallest absolute Gasteiger partial charge is 0.340 e. The second-order valence-electron chi connectivity index (χ2n) is 8.56. The van der Waals surface area contributed by atoms with Crippen LogP contribution in [-0.2, 0) is 0 Å². The van der Waals surface area contributed by atoms with Crippen LogP contribution in [0, 0.1) is 5.41 Å². The number of halogens is 3. The molecule has 33 heavy (non-hydrogen) atoms. The van der Waals surface area contributed by atoms with E-state index in [4.69, 9.17) is 27.6 Å². The zero-order chi connectivity index (χ0) is 24.1. The summed E-state index contributed by atoms with van der Waals surface area (Å²) < 4.78 is 6.57. The summed E-state index contributed by atoms with van der Waals surface area (Å²) in [6.45, 7) is 5.11. The van der Waals surface area contributed by atoms with Crippen LogP contribution < -0.4 is 0 Å². The van der Waals surface area contributed by atoms with Gasteiger partial charge < -0.3 is 9.52 Å². The SMILES string of the molecule is CC(C)(C)C(=O)c1oc2nc(-c3ccc(Br)cc3Cl)c(-c3ccc(Cl)cc3)cc2c1C(=O)O. The number of aromatic nitrogens is 1. The van der Waals surface area contributed by atoms with Crippen molar-refractivity contribution >= 4 is 62.0 Å². The van der Waals surface area contributed by atoms with E-state index in [1.165, 1.54) is 0 Å². The molecule has 5 nitrogen and oxygen atoms in total. The molecule has 0 aliphatic heterocycles. The minimum absolute atomic E-state index is 0.0479. The van der Waals surface area contributed by atoms with Crippen molar-refractivity contribution in [3.8, 4) is 22.4 Å². The van der Waals surface area contributed by atoms with E-state index in [-0.39, 0.29) is 22.4 Å². The number of aromatic carboxylic acids is 1. The number of ketones is 1. The van der Waals surface area contributed by atoms with Gasteiger partial charge in [0, 0.05) is 26.0 Å². The Labute approximate surface area is 208 Å². The molecular formula is C25H18BrCl2NO4. The molecule has 0 fully saturated rings. The number of carboxylic acid groups (broad SMARTS) is 1. The molecule has 0 bridgehead atoms. The van der Waals surface area contributed by atoms with Gasteiger partial charge in [-0.15, -0.1) is 0 Å². The second-order valence-corrected chi connectivity index (χ2v) is 10.3. The van der Waals surface area contributed by atoms with Gasteiger partial charge in [0.1, 0.15) is 5.56 Å². The Bertz CT molecular complexity index is 1420. The van der Waals surface area contributed by atoms with E-state index >= 15 is 0 Å². The van der Waals surface area contributed by atoms with Gasteiger partial charge in [0.25, 0.3) is 0 Å². The molecule has 4 aromatic rings. The molecule has 0 aliphatic rings. The number of fused-ring (bicyclic) bond motifs is 1. The average molecular weight is 547 g/mol. The van der Waals surface area contributed by atoms with Crippen LogP contribution in [0.3, 0.4) is 0 Å². The van der Waals surface area contributed by atoms with E-state index in [1.807, 2.05) is 24.3 Å². The molecule has 1 N–H and O–H groups in total. The van der Waals surface area contributed by atoms with Gasteiger partial charge in [0.2, 0.25) is 11.5 Å². The predicted molar refractivity (Wildman–Crippen MR) is 133 cm³/mol. The van der Waals surface area contributed by atoms with Crippen molar-refractivity contribution in [1.82, 2.24) is 4.98 Å². The first-order valence-corrected chi connectivity index (χ1v) is 11.5. The lowest BCUT2D eigenvalue weighted by molar-refractivity contribution is 0.0684. The lowest BCUT2D eigenvalue weighted by Crippen LogP contribution is -2.21. The summed E-state index contributed by atoms with van der Waals surface area (Å²) in [7, 11) is 0. The number of hydrogen-bond donors (Lipinski definition) is 1. The lowest BCUT2D eigenvalue weighted by Gasteiger charge is -2.14. The van der Waals surface area contributed by atoms with Crippen LogP contribution in [0.2, 0.25) is 10.0 Å². The molecular weight excluding hydrogens is 529 g/mol. The summed E-state index contributed by atoms with van der Waals surface area (Å²) in [6.07, 6.45) is 0. The standard InChI is InChI=1S/C25H18BrCl2NO4/c1-25(2,3)22(30)21-19(24(31)32)17-11-16(12-4-7-14(27)8-5-12)20(29-23(17)33-21)15-9-6-13(26)10-18(15)28/h4-11H,1-3H3,(H,31,32). The highest BCUT2D eigenvalue weighted by Crippen LogP contribution is 2.40. The predicted octanol–water partition coefficient (Wildman–Crippen LogP) is 8.16. The first-order valence-electron chi connectivity index (χ1n) is 9.94. The van der Waals surface area contributed by atoms with Gasteiger partial charge in [-0.05, 0) is 35.9 Å². The summed E-state index contributed by atoms with van der Waals surface area (Å²) in [5.74, 6) is -1.91. The lowest BCUT2D eigenvalue weighted by atomic mass is 9.88. The number of benzene rings is 2. The van der Waals surface area contributed by atoms with Gasteiger partial charge in [-0.2, -0.15) is 0 Å². The van der Waals surface area contributed by atoms with Crippen molar-refractivity contribution in [3.63, 3.8) is 0 Å². The topological polar surface area (TPSA) is 80.4 Å². The Kier molecular flexibility index (Phi) is 6.12. The van der Waals surface area contributed by atoms with Crippen molar-refractivity contribution in [2.24, 2.45) is 5.41 Å². The van der Waals surface area contributed by atoms with Crippen LogP contribution in [-0.4, -0.2) is 21.8 Å². The van der Waals surface area contributed by atoms with Crippen molar-refractivity contribution in [2.45, 2.75) is 20.8 Å². The monoisotopic (exact) mass is 545 g/mol. The van der Waals surface area contributed by atoms with E-state index in [1.54, 1.807) is 45.0 Å².